The van der Waals surface area contributed by atoms with Crippen LogP contribution in [0.2, 0.25) is 0 Å². The van der Waals surface area contributed by atoms with Gasteiger partial charge in [-0.3, -0.25) is 0 Å². The molecule has 0 unspecified atom stereocenters. The Labute approximate surface area is 501 Å². The number of hydrogen-bond acceptors (Lipinski definition) is 6. The Kier molecular flexibility index (Phi) is 12.5. The van der Waals surface area contributed by atoms with Crippen LogP contribution in [0.4, 0.5) is 85.3 Å². The lowest BCUT2D eigenvalue weighted by molar-refractivity contribution is 1.15. The standard InChI is InChI=1S/C78H54BN5S/c1-8-28-55(29-9-1)64-42-22-25-45-68(64)83-71-49-48-62(80(57-32-12-3-13-33-57)58-34-14-4-15-35-58)52-76(71)85-77-54-72-67(53-73(77)83)79-66-44-24-27-47-70(66)82(61-40-20-7-21-41-61)74-50-63(81(59-36-16-5-17-37-59)60-38-18-6-19-39-60)51-75(78(74)79)84(72)69-46-26-23-43-65(69)56-30-10-2-11-31-56/h1-54H. The van der Waals surface area contributed by atoms with E-state index in [1.54, 1.807) is 0 Å². The van der Waals surface area contributed by atoms with E-state index in [0.717, 1.165) is 117 Å². The molecule has 0 saturated heterocycles. The number of fused-ring (bicyclic) bond motifs is 6. The predicted molar refractivity (Wildman–Crippen MR) is 360 cm³/mol. The van der Waals surface area contributed by atoms with Gasteiger partial charge >= 0.3 is 0 Å². The summed E-state index contributed by atoms with van der Waals surface area (Å²) in [5, 5.41) is 0. The minimum atomic E-state index is -0.164. The zero-order chi connectivity index (χ0) is 56.2. The van der Waals surface area contributed by atoms with E-state index in [0.29, 0.717) is 0 Å². The van der Waals surface area contributed by atoms with Crippen molar-refractivity contribution in [1.82, 2.24) is 0 Å². The minimum absolute atomic E-state index is 0.164. The third-order valence-corrected chi connectivity index (χ3v) is 17.8. The average molecular weight is 1100 g/mol. The van der Waals surface area contributed by atoms with Gasteiger partial charge in [-0.1, -0.05) is 218 Å². The zero-order valence-electron chi connectivity index (χ0n) is 46.4. The van der Waals surface area contributed by atoms with Crippen LogP contribution < -0.4 is 40.9 Å². The van der Waals surface area contributed by atoms with Gasteiger partial charge in [0, 0.05) is 77.8 Å². The maximum atomic E-state index is 2.60. The van der Waals surface area contributed by atoms with E-state index in [1.807, 2.05) is 11.8 Å². The number of nitrogens with zero attached hydrogens (tertiary/aromatic N) is 5. The van der Waals surface area contributed by atoms with Gasteiger partial charge in [-0.25, -0.2) is 0 Å². The summed E-state index contributed by atoms with van der Waals surface area (Å²) in [7, 11) is 0. The number of hydrogen-bond donors (Lipinski definition) is 0. The molecule has 0 spiro atoms. The molecule has 16 rings (SSSR count). The molecule has 0 amide bonds. The van der Waals surface area contributed by atoms with E-state index in [4.69, 9.17) is 0 Å². The van der Waals surface area contributed by atoms with Crippen molar-refractivity contribution >= 4 is 120 Å². The highest BCUT2D eigenvalue weighted by molar-refractivity contribution is 7.99. The van der Waals surface area contributed by atoms with Crippen LogP contribution in [0.3, 0.4) is 0 Å². The summed E-state index contributed by atoms with van der Waals surface area (Å²) in [4.78, 5) is 14.8. The molecule has 3 aliphatic rings. The maximum Gasteiger partial charge on any atom is 0.252 e. The van der Waals surface area contributed by atoms with Gasteiger partial charge in [0.05, 0.1) is 28.4 Å². The van der Waals surface area contributed by atoms with Crippen LogP contribution in [0.15, 0.2) is 337 Å². The molecule has 3 aliphatic heterocycles. The second-order valence-electron chi connectivity index (χ2n) is 21.6. The van der Waals surface area contributed by atoms with Gasteiger partial charge in [0.15, 0.2) is 0 Å². The molecule has 0 atom stereocenters. The Morgan fingerprint density at radius 3 is 1.19 bits per heavy atom. The lowest BCUT2D eigenvalue weighted by atomic mass is 9.33. The van der Waals surface area contributed by atoms with Crippen molar-refractivity contribution in [2.75, 3.05) is 24.5 Å². The van der Waals surface area contributed by atoms with Crippen LogP contribution in [-0.2, 0) is 0 Å². The fourth-order valence-corrected chi connectivity index (χ4v) is 14.2. The molecule has 7 heteroatoms. The summed E-state index contributed by atoms with van der Waals surface area (Å²) < 4.78 is 0. The highest BCUT2D eigenvalue weighted by atomic mass is 32.2. The zero-order valence-corrected chi connectivity index (χ0v) is 47.2. The Morgan fingerprint density at radius 1 is 0.247 bits per heavy atom. The van der Waals surface area contributed by atoms with E-state index in [-0.39, 0.29) is 6.71 Å². The van der Waals surface area contributed by atoms with Crippen LogP contribution in [0, 0.1) is 0 Å². The van der Waals surface area contributed by atoms with Gasteiger partial charge in [0.2, 0.25) is 0 Å². The molecule has 0 radical (unpaired) electrons. The van der Waals surface area contributed by atoms with Crippen LogP contribution in [-0.4, -0.2) is 6.71 Å². The Hall–Kier alpha value is -10.7. The second kappa shape index (κ2) is 21.2. The average Bonchev–Trinajstić information content (AvgIpc) is 1.68. The quantitative estimate of drug-likeness (QED) is 0.119. The summed E-state index contributed by atoms with van der Waals surface area (Å²) in [5.41, 5.74) is 24.9. The predicted octanol–water partition coefficient (Wildman–Crippen LogP) is 20.0. The first-order valence-electron chi connectivity index (χ1n) is 29.0. The summed E-state index contributed by atoms with van der Waals surface area (Å²) >= 11 is 1.86. The van der Waals surface area contributed by atoms with Crippen molar-refractivity contribution in [2.24, 2.45) is 0 Å². The third kappa shape index (κ3) is 8.66. The molecular weight excluding hydrogens is 1050 g/mol. The molecule has 0 bridgehead atoms. The van der Waals surface area contributed by atoms with Gasteiger partial charge in [-0.15, -0.1) is 0 Å². The Balaban J connectivity index is 1.00. The van der Waals surface area contributed by atoms with Gasteiger partial charge < -0.3 is 24.5 Å². The van der Waals surface area contributed by atoms with Crippen LogP contribution in [0.5, 0.6) is 0 Å². The van der Waals surface area contributed by atoms with E-state index < -0.39 is 0 Å². The molecule has 0 fully saturated rings. The molecular formula is C78H54BN5S. The normalized spacial score (nSPS) is 12.6. The van der Waals surface area contributed by atoms with Crippen molar-refractivity contribution in [3.63, 3.8) is 0 Å². The molecule has 13 aromatic rings. The maximum absolute atomic E-state index is 2.60. The van der Waals surface area contributed by atoms with Gasteiger partial charge in [0.1, 0.15) is 0 Å². The molecule has 0 saturated carbocycles. The second-order valence-corrected chi connectivity index (χ2v) is 22.7. The van der Waals surface area contributed by atoms with E-state index >= 15 is 0 Å². The smallest absolute Gasteiger partial charge is 0.252 e. The lowest BCUT2D eigenvalue weighted by Gasteiger charge is -2.46. The first kappa shape index (κ1) is 50.0. The van der Waals surface area contributed by atoms with Crippen molar-refractivity contribution in [3.8, 4) is 22.3 Å². The first-order valence-corrected chi connectivity index (χ1v) is 29.8. The molecule has 13 aromatic carbocycles. The van der Waals surface area contributed by atoms with E-state index in [2.05, 4.69) is 352 Å². The largest absolute Gasteiger partial charge is 0.311 e. The van der Waals surface area contributed by atoms with Crippen molar-refractivity contribution in [3.05, 3.63) is 328 Å². The molecule has 3 heterocycles. The van der Waals surface area contributed by atoms with E-state index in [1.165, 1.54) is 16.4 Å². The molecule has 85 heavy (non-hydrogen) atoms. The topological polar surface area (TPSA) is 16.2 Å². The number of rotatable bonds is 11. The Bertz CT molecular complexity index is 4510. The SMILES string of the molecule is c1ccc(-c2ccccc2N2c3ccc(N(c4ccccc4)c4ccccc4)cc3Sc3cc4c(cc32)B2c3ccccc3N(c3ccccc3)c3cc(N(c5ccccc5)c5ccccc5)cc(c32)N4c2ccccc2-c2ccccc2)cc1. The number of benzene rings is 13. The summed E-state index contributed by atoms with van der Waals surface area (Å²) in [6.45, 7) is -0.164. The first-order chi connectivity index (χ1) is 42.2. The van der Waals surface area contributed by atoms with Gasteiger partial charge in [-0.05, 0) is 149 Å². The Morgan fingerprint density at radius 2 is 0.659 bits per heavy atom. The summed E-state index contributed by atoms with van der Waals surface area (Å²) in [6, 6.07) is 120. The number of anilines is 15. The van der Waals surface area contributed by atoms with Gasteiger partial charge in [-0.2, -0.15) is 0 Å². The van der Waals surface area contributed by atoms with Crippen LogP contribution in [0.25, 0.3) is 22.3 Å². The lowest BCUT2D eigenvalue weighted by Crippen LogP contribution is -2.61. The van der Waals surface area contributed by atoms with Crippen molar-refractivity contribution in [2.45, 2.75) is 9.79 Å². The fourth-order valence-electron chi connectivity index (χ4n) is 13.1. The highest BCUT2D eigenvalue weighted by Crippen LogP contribution is 2.57. The fraction of sp³-hybridized carbons (Fsp3) is 0. The van der Waals surface area contributed by atoms with Crippen molar-refractivity contribution in [1.29, 1.82) is 0 Å². The molecule has 0 aliphatic carbocycles. The van der Waals surface area contributed by atoms with Crippen LogP contribution >= 0.6 is 11.8 Å². The molecule has 0 aromatic heterocycles. The third-order valence-electron chi connectivity index (χ3n) is 16.7. The summed E-state index contributed by atoms with van der Waals surface area (Å²) in [6.07, 6.45) is 0. The highest BCUT2D eigenvalue weighted by Gasteiger charge is 2.46. The van der Waals surface area contributed by atoms with E-state index in [9.17, 15) is 0 Å². The number of para-hydroxylation sites is 8. The van der Waals surface area contributed by atoms with Crippen LogP contribution in [0.1, 0.15) is 0 Å². The summed E-state index contributed by atoms with van der Waals surface area (Å²) in [5.74, 6) is 0. The molecule has 400 valence electrons. The molecule has 5 nitrogen and oxygen atoms in total. The monoisotopic (exact) mass is 1100 g/mol. The van der Waals surface area contributed by atoms with Crippen molar-refractivity contribution < 1.29 is 0 Å². The molecule has 0 N–H and O–H groups in total. The minimum Gasteiger partial charge on any atom is -0.311 e. The van der Waals surface area contributed by atoms with Gasteiger partial charge in [0.25, 0.3) is 6.71 Å².